The Kier molecular flexibility index (Phi) is 2.92. The molecule has 0 aliphatic heterocycles. The molecule has 0 nitrogen and oxygen atoms in total. The minimum atomic E-state index is -0.342. The molecule has 0 aromatic rings. The number of rotatable bonds is 2. The van der Waals surface area contributed by atoms with E-state index in [1.165, 1.54) is 32.1 Å². The Morgan fingerprint density at radius 2 is 2.13 bits per heavy atom. The van der Waals surface area contributed by atoms with Gasteiger partial charge in [0.2, 0.25) is 0 Å². The van der Waals surface area contributed by atoms with Crippen LogP contribution in [0.25, 0.3) is 0 Å². The predicted molar refractivity (Wildman–Crippen MR) is 60.2 cm³/mol. The molecular weight excluding hydrogens is 259 g/mol. The van der Waals surface area contributed by atoms with Gasteiger partial charge in [-0.3, -0.25) is 0 Å². The van der Waals surface area contributed by atoms with Gasteiger partial charge < -0.3 is 0 Å². The van der Waals surface area contributed by atoms with Gasteiger partial charge in [0.1, 0.15) is 0 Å². The molecule has 1 heteroatoms. The molecule has 0 aromatic heterocycles. The van der Waals surface area contributed by atoms with E-state index in [9.17, 15) is 0 Å². The quantitative estimate of drug-likeness (QED) is 0.710. The van der Waals surface area contributed by atoms with Gasteiger partial charge >= 0.3 is 104 Å². The van der Waals surface area contributed by atoms with Gasteiger partial charge in [-0.25, -0.2) is 0 Å². The first-order chi connectivity index (χ1) is 7.43. The molecule has 0 heterocycles. The molecule has 0 bridgehead atoms. The van der Waals surface area contributed by atoms with Crippen molar-refractivity contribution in [3.63, 3.8) is 0 Å². The third kappa shape index (κ3) is 2.04. The Balaban J connectivity index is 1.72. The number of hydrogen-bond donors (Lipinski definition) is 0. The summed E-state index contributed by atoms with van der Waals surface area (Å²) in [6.07, 6.45) is 18.8. The molecule has 0 saturated heterocycles. The van der Waals surface area contributed by atoms with Crippen molar-refractivity contribution in [1.29, 1.82) is 0 Å². The molecular formula is C14H16Zr. The van der Waals surface area contributed by atoms with Gasteiger partial charge in [0.05, 0.1) is 0 Å². The molecule has 3 aliphatic rings. The summed E-state index contributed by atoms with van der Waals surface area (Å²) in [7, 11) is 0. The van der Waals surface area contributed by atoms with Crippen LogP contribution in [0.1, 0.15) is 32.1 Å². The molecule has 1 unspecified atom stereocenters. The Morgan fingerprint density at radius 3 is 3.00 bits per heavy atom. The van der Waals surface area contributed by atoms with Crippen LogP contribution in [0.3, 0.4) is 0 Å². The number of hydrogen-bond acceptors (Lipinski definition) is 0. The Bertz CT molecular complexity index is 382. The second-order valence-corrected chi connectivity index (χ2v) is 8.38. The molecule has 0 amide bonds. The van der Waals surface area contributed by atoms with E-state index in [0.717, 1.165) is 3.63 Å². The van der Waals surface area contributed by atoms with Gasteiger partial charge in [-0.05, 0) is 0 Å². The van der Waals surface area contributed by atoms with E-state index in [2.05, 4.69) is 30.4 Å². The minimum absolute atomic E-state index is 0.342. The van der Waals surface area contributed by atoms with Gasteiger partial charge in [0, 0.05) is 0 Å². The summed E-state index contributed by atoms with van der Waals surface area (Å²) < 4.78 is 2.70. The van der Waals surface area contributed by atoms with Crippen molar-refractivity contribution < 1.29 is 23.2 Å². The fourth-order valence-corrected chi connectivity index (χ4v) is 6.46. The molecule has 0 spiro atoms. The summed E-state index contributed by atoms with van der Waals surface area (Å²) in [6, 6.07) is 0. The van der Waals surface area contributed by atoms with Crippen molar-refractivity contribution in [3.05, 3.63) is 44.8 Å². The maximum atomic E-state index is 2.52. The normalized spacial score (nSPS) is 28.3. The van der Waals surface area contributed by atoms with Gasteiger partial charge in [-0.15, -0.1) is 0 Å². The van der Waals surface area contributed by atoms with Gasteiger partial charge in [-0.1, -0.05) is 0 Å². The van der Waals surface area contributed by atoms with Crippen LogP contribution >= 0.6 is 0 Å². The van der Waals surface area contributed by atoms with Crippen LogP contribution in [0.5, 0.6) is 0 Å². The van der Waals surface area contributed by atoms with Crippen LogP contribution in [0.4, 0.5) is 0 Å². The fourth-order valence-electron chi connectivity index (χ4n) is 2.72. The standard InChI is InChI=1S/C9H11.C5H5.Zr/c1-2-5-9-7-3-6-8(9)4-1;1-2-4-5-3-1;/h3,6-7H,1-2,4-5H2;1-3H,4H2;. The van der Waals surface area contributed by atoms with Crippen molar-refractivity contribution in [1.82, 2.24) is 0 Å². The van der Waals surface area contributed by atoms with E-state index < -0.39 is 0 Å². The molecule has 0 radical (unpaired) electrons. The molecule has 0 aromatic carbocycles. The third-order valence-electron chi connectivity index (χ3n) is 3.53. The van der Waals surface area contributed by atoms with Crippen molar-refractivity contribution in [2.24, 2.45) is 0 Å². The van der Waals surface area contributed by atoms with E-state index in [0.29, 0.717) is 0 Å². The summed E-state index contributed by atoms with van der Waals surface area (Å²) in [4.78, 5) is 0. The average molecular weight is 276 g/mol. The zero-order valence-electron chi connectivity index (χ0n) is 9.00. The third-order valence-corrected chi connectivity index (χ3v) is 7.45. The molecule has 15 heavy (non-hydrogen) atoms. The first-order valence-electron chi connectivity index (χ1n) is 5.96. The topological polar surface area (TPSA) is 0 Å². The average Bonchev–Trinajstić information content (AvgIpc) is 2.89. The fraction of sp³-hybridized carbons (Fsp3) is 0.429. The molecule has 1 atom stereocenters. The monoisotopic (exact) mass is 274 g/mol. The van der Waals surface area contributed by atoms with Crippen LogP contribution in [-0.2, 0) is 23.2 Å². The summed E-state index contributed by atoms with van der Waals surface area (Å²) in [5.74, 6) is 0. The van der Waals surface area contributed by atoms with Crippen LogP contribution in [-0.4, -0.2) is 0 Å². The molecule has 0 saturated carbocycles. The SMILES string of the molecule is C1=CC[C]([Zr][CH]2C=CC3=C2CCCC3)=C1. The maximum absolute atomic E-state index is 2.52. The number of allylic oxidation sites excluding steroid dienone is 8. The zero-order chi connectivity index (χ0) is 10.1. The van der Waals surface area contributed by atoms with E-state index in [-0.39, 0.29) is 23.2 Å². The second-order valence-electron chi connectivity index (χ2n) is 4.56. The Labute approximate surface area is 103 Å². The van der Waals surface area contributed by atoms with Gasteiger partial charge in [-0.2, -0.15) is 0 Å². The molecule has 76 valence electrons. The van der Waals surface area contributed by atoms with Gasteiger partial charge in [0.15, 0.2) is 0 Å². The van der Waals surface area contributed by atoms with Crippen LogP contribution in [0, 0.1) is 0 Å². The molecule has 0 fully saturated rings. The Morgan fingerprint density at radius 1 is 1.20 bits per heavy atom. The van der Waals surface area contributed by atoms with Crippen molar-refractivity contribution in [2.75, 3.05) is 0 Å². The summed E-state index contributed by atoms with van der Waals surface area (Å²) in [5, 5.41) is 0. The van der Waals surface area contributed by atoms with E-state index in [1.54, 1.807) is 8.85 Å². The summed E-state index contributed by atoms with van der Waals surface area (Å²) >= 11 is -0.342. The van der Waals surface area contributed by atoms with Crippen molar-refractivity contribution >= 4 is 0 Å². The first kappa shape index (κ1) is 10.0. The molecule has 3 aliphatic carbocycles. The van der Waals surface area contributed by atoms with Crippen molar-refractivity contribution in [2.45, 2.75) is 35.7 Å². The zero-order valence-corrected chi connectivity index (χ0v) is 11.5. The van der Waals surface area contributed by atoms with Crippen LogP contribution < -0.4 is 0 Å². The Hall–Kier alpha value is -0.157. The van der Waals surface area contributed by atoms with Crippen LogP contribution in [0.15, 0.2) is 44.8 Å². The first-order valence-corrected chi connectivity index (χ1v) is 8.61. The molecule has 3 rings (SSSR count). The van der Waals surface area contributed by atoms with E-state index >= 15 is 0 Å². The van der Waals surface area contributed by atoms with E-state index in [4.69, 9.17) is 0 Å². The van der Waals surface area contributed by atoms with E-state index in [1.807, 2.05) is 5.57 Å². The van der Waals surface area contributed by atoms with Gasteiger partial charge in [0.25, 0.3) is 0 Å². The summed E-state index contributed by atoms with van der Waals surface area (Å²) in [6.45, 7) is 0. The predicted octanol–water partition coefficient (Wildman–Crippen LogP) is 4.14. The van der Waals surface area contributed by atoms with Crippen LogP contribution in [0.2, 0.25) is 3.63 Å². The molecule has 0 N–H and O–H groups in total. The second kappa shape index (κ2) is 4.38. The van der Waals surface area contributed by atoms with Crippen molar-refractivity contribution in [3.8, 4) is 0 Å². The summed E-state index contributed by atoms with van der Waals surface area (Å²) in [5.41, 5.74) is 3.54.